The Kier molecular flexibility index (Phi) is 10.2. The third-order valence-corrected chi connectivity index (χ3v) is 4.23. The Morgan fingerprint density at radius 3 is 1.77 bits per heavy atom. The normalized spacial score (nSPS) is 15.4. The maximum Gasteiger partial charge on any atom is 0.329 e. The molecule has 0 heterocycles. The fourth-order valence-electron chi connectivity index (χ4n) is 2.74. The van der Waals surface area contributed by atoms with E-state index in [1.807, 2.05) is 0 Å². The number of carboxylic acid groups (broad SMARTS) is 1. The number of hydrogen-bond acceptors (Lipinski definition) is 7. The number of ether oxygens (including phenoxy) is 2. The predicted octanol–water partition coefficient (Wildman–Crippen LogP) is 2.40. The lowest BCUT2D eigenvalue weighted by Crippen LogP contribution is -2.51. The largest absolute Gasteiger partial charge is 0.481 e. The molecule has 0 aromatic rings. The Labute approximate surface area is 185 Å². The van der Waals surface area contributed by atoms with Crippen LogP contribution in [0.15, 0.2) is 0 Å². The fourth-order valence-corrected chi connectivity index (χ4v) is 2.74. The first kappa shape index (κ1) is 28.8. The second-order valence-electron chi connectivity index (χ2n) is 10.8. The highest BCUT2D eigenvalue weighted by Gasteiger charge is 2.36. The van der Waals surface area contributed by atoms with Crippen molar-refractivity contribution in [3.8, 4) is 0 Å². The zero-order valence-corrected chi connectivity index (χ0v) is 20.3. The summed E-state index contributed by atoms with van der Waals surface area (Å²) in [6.07, 6.45) is -0.252. The summed E-state index contributed by atoms with van der Waals surface area (Å²) in [6.45, 7) is 15.5. The van der Waals surface area contributed by atoms with Crippen LogP contribution in [0.1, 0.15) is 81.6 Å². The molecule has 0 aliphatic rings. The molecule has 1 unspecified atom stereocenters. The molecule has 0 aromatic carbocycles. The van der Waals surface area contributed by atoms with E-state index >= 15 is 0 Å². The zero-order chi connectivity index (χ0) is 24.8. The van der Waals surface area contributed by atoms with Gasteiger partial charge in [-0.25, -0.2) is 4.79 Å². The number of esters is 2. The Morgan fingerprint density at radius 1 is 0.903 bits per heavy atom. The highest BCUT2D eigenvalue weighted by Crippen LogP contribution is 2.29. The van der Waals surface area contributed by atoms with E-state index in [1.165, 1.54) is 0 Å². The van der Waals surface area contributed by atoms with Gasteiger partial charge in [-0.3, -0.25) is 14.4 Å². The van der Waals surface area contributed by atoms with Gasteiger partial charge in [0.1, 0.15) is 17.2 Å². The quantitative estimate of drug-likeness (QED) is 0.460. The van der Waals surface area contributed by atoms with Crippen LogP contribution in [0.25, 0.3) is 0 Å². The Morgan fingerprint density at radius 2 is 1.39 bits per heavy atom. The molecule has 0 bridgehead atoms. The monoisotopic (exact) mass is 444 g/mol. The molecule has 9 nitrogen and oxygen atoms in total. The molecule has 4 N–H and O–H groups in total. The molecule has 0 fully saturated rings. The molecule has 180 valence electrons. The van der Waals surface area contributed by atoms with E-state index in [0.29, 0.717) is 0 Å². The van der Waals surface area contributed by atoms with E-state index in [2.05, 4.69) is 5.32 Å². The molecule has 1 amide bonds. The molecule has 0 aliphatic heterocycles. The van der Waals surface area contributed by atoms with Crippen LogP contribution < -0.4 is 11.1 Å². The first-order chi connectivity index (χ1) is 13.7. The van der Waals surface area contributed by atoms with Crippen LogP contribution in [0.4, 0.5) is 0 Å². The molecule has 3 atom stereocenters. The molecule has 0 saturated carbocycles. The van der Waals surface area contributed by atoms with Gasteiger partial charge < -0.3 is 25.6 Å². The van der Waals surface area contributed by atoms with Crippen LogP contribution in [-0.4, -0.2) is 52.2 Å². The van der Waals surface area contributed by atoms with Crippen molar-refractivity contribution in [2.45, 2.75) is 105 Å². The standard InChI is InChI=1S/C22H40N2O7/c1-20(2,3)13(18(27)28)12-14(23)17(26)24-15(19(29)31-22(7,8)9)10-11-16(25)30-21(4,5)6/h13-15H,10-12,23H2,1-9H3,(H,24,26)(H,27,28)/t13?,14-,15-/m0/s1. The van der Waals surface area contributed by atoms with E-state index in [0.717, 1.165) is 0 Å². The van der Waals surface area contributed by atoms with Gasteiger partial charge >= 0.3 is 17.9 Å². The molecule has 31 heavy (non-hydrogen) atoms. The van der Waals surface area contributed by atoms with Gasteiger partial charge in [0.25, 0.3) is 0 Å². The van der Waals surface area contributed by atoms with Gasteiger partial charge in [-0.05, 0) is 59.8 Å². The lowest BCUT2D eigenvalue weighted by molar-refractivity contribution is -0.160. The lowest BCUT2D eigenvalue weighted by Gasteiger charge is -2.30. The van der Waals surface area contributed by atoms with E-state index in [4.69, 9.17) is 15.2 Å². The molecule has 0 rings (SSSR count). The van der Waals surface area contributed by atoms with Crippen LogP contribution in [0.5, 0.6) is 0 Å². The van der Waals surface area contributed by atoms with Crippen LogP contribution in [0.3, 0.4) is 0 Å². The van der Waals surface area contributed by atoms with Gasteiger partial charge in [0.05, 0.1) is 12.0 Å². The maximum atomic E-state index is 12.6. The minimum atomic E-state index is -1.15. The predicted molar refractivity (Wildman–Crippen MR) is 116 cm³/mol. The second-order valence-corrected chi connectivity index (χ2v) is 10.8. The van der Waals surface area contributed by atoms with E-state index in [9.17, 15) is 24.3 Å². The number of amides is 1. The van der Waals surface area contributed by atoms with Crippen molar-refractivity contribution in [3.63, 3.8) is 0 Å². The van der Waals surface area contributed by atoms with Gasteiger partial charge in [-0.2, -0.15) is 0 Å². The van der Waals surface area contributed by atoms with Crippen molar-refractivity contribution in [1.29, 1.82) is 0 Å². The van der Waals surface area contributed by atoms with Crippen LogP contribution in [0.2, 0.25) is 0 Å². The Bertz CT molecular complexity index is 654. The number of rotatable bonds is 9. The van der Waals surface area contributed by atoms with Crippen molar-refractivity contribution >= 4 is 23.8 Å². The summed E-state index contributed by atoms with van der Waals surface area (Å²) >= 11 is 0. The minimum absolute atomic E-state index is 0.0378. The van der Waals surface area contributed by atoms with Crippen molar-refractivity contribution < 1.29 is 33.8 Å². The number of aliphatic carboxylic acids is 1. The highest BCUT2D eigenvalue weighted by atomic mass is 16.6. The SMILES string of the molecule is CC(C)(C)OC(=O)CC[C@H](NC(=O)[C@@H](N)CC(C(=O)O)C(C)(C)C)C(=O)OC(C)(C)C. The molecule has 0 saturated heterocycles. The lowest BCUT2D eigenvalue weighted by atomic mass is 9.77. The van der Waals surface area contributed by atoms with Gasteiger partial charge in [0.15, 0.2) is 0 Å². The number of hydrogen-bond donors (Lipinski definition) is 3. The van der Waals surface area contributed by atoms with Crippen molar-refractivity contribution in [2.75, 3.05) is 0 Å². The topological polar surface area (TPSA) is 145 Å². The number of carbonyl (C=O) groups excluding carboxylic acids is 3. The molecule has 0 radical (unpaired) electrons. The summed E-state index contributed by atoms with van der Waals surface area (Å²) in [4.78, 5) is 48.8. The molecule has 9 heteroatoms. The van der Waals surface area contributed by atoms with Gasteiger partial charge in [-0.15, -0.1) is 0 Å². The first-order valence-electron chi connectivity index (χ1n) is 10.5. The highest BCUT2D eigenvalue weighted by molar-refractivity contribution is 5.88. The van der Waals surface area contributed by atoms with E-state index in [1.54, 1.807) is 62.3 Å². The van der Waals surface area contributed by atoms with Gasteiger partial charge in [-0.1, -0.05) is 20.8 Å². The van der Waals surface area contributed by atoms with Gasteiger partial charge in [0.2, 0.25) is 5.91 Å². The number of carboxylic acids is 1. The fraction of sp³-hybridized carbons (Fsp3) is 0.818. The van der Waals surface area contributed by atoms with Crippen molar-refractivity contribution in [1.82, 2.24) is 5.32 Å². The molecular weight excluding hydrogens is 404 g/mol. The number of nitrogens with one attached hydrogen (secondary N) is 1. The average Bonchev–Trinajstić information content (AvgIpc) is 2.50. The molecule has 0 aliphatic carbocycles. The third-order valence-electron chi connectivity index (χ3n) is 4.23. The Balaban J connectivity index is 5.31. The first-order valence-corrected chi connectivity index (χ1v) is 10.5. The molecule has 0 spiro atoms. The van der Waals surface area contributed by atoms with Crippen molar-refractivity contribution in [2.24, 2.45) is 17.1 Å². The number of carbonyl (C=O) groups is 4. The van der Waals surface area contributed by atoms with Crippen LogP contribution in [0, 0.1) is 11.3 Å². The summed E-state index contributed by atoms with van der Waals surface area (Å²) in [5.41, 5.74) is 3.87. The summed E-state index contributed by atoms with van der Waals surface area (Å²) in [5, 5.41) is 12.0. The summed E-state index contributed by atoms with van der Waals surface area (Å²) in [7, 11) is 0. The second kappa shape index (κ2) is 10.9. The number of nitrogens with two attached hydrogens (primary N) is 1. The van der Waals surface area contributed by atoms with E-state index < -0.39 is 58.4 Å². The van der Waals surface area contributed by atoms with Crippen LogP contribution >= 0.6 is 0 Å². The van der Waals surface area contributed by atoms with Crippen molar-refractivity contribution in [3.05, 3.63) is 0 Å². The third kappa shape index (κ3) is 12.3. The van der Waals surface area contributed by atoms with E-state index in [-0.39, 0.29) is 19.3 Å². The Hall–Kier alpha value is -2.16. The smallest absolute Gasteiger partial charge is 0.329 e. The molecule has 0 aromatic heterocycles. The average molecular weight is 445 g/mol. The zero-order valence-electron chi connectivity index (χ0n) is 20.3. The van der Waals surface area contributed by atoms with Crippen LogP contribution in [-0.2, 0) is 28.7 Å². The van der Waals surface area contributed by atoms with Gasteiger partial charge in [0, 0.05) is 6.42 Å². The summed E-state index contributed by atoms with van der Waals surface area (Å²) < 4.78 is 10.6. The summed E-state index contributed by atoms with van der Waals surface area (Å²) in [5.74, 6) is -3.81. The minimum Gasteiger partial charge on any atom is -0.481 e. The summed E-state index contributed by atoms with van der Waals surface area (Å²) in [6, 6.07) is -2.27. The molecular formula is C22H40N2O7. The maximum absolute atomic E-state index is 12.6.